The lowest BCUT2D eigenvalue weighted by Crippen LogP contribution is -2.26. The van der Waals surface area contributed by atoms with Crippen LogP contribution >= 0.6 is 0 Å². The molecule has 3 nitrogen and oxygen atoms in total. The van der Waals surface area contributed by atoms with Crippen molar-refractivity contribution in [3.05, 3.63) is 24.0 Å². The van der Waals surface area contributed by atoms with Crippen LogP contribution in [0, 0.1) is 5.92 Å². The van der Waals surface area contributed by atoms with Gasteiger partial charge in [0.1, 0.15) is 0 Å². The van der Waals surface area contributed by atoms with Gasteiger partial charge in [-0.05, 0) is 44.2 Å². The van der Waals surface area contributed by atoms with Gasteiger partial charge in [0.2, 0.25) is 0 Å². The maximum absolute atomic E-state index is 5.81. The van der Waals surface area contributed by atoms with Crippen LogP contribution in [0.1, 0.15) is 44.8 Å². The standard InChI is InChI=1S/C14H23N3/c1-3-8-17(10-12-4-5-12)13-6-7-14(11(2)15)16-9-13/h6-7,9,11-12H,3-5,8,10,15H2,1-2H3/t11-/m1/s1. The quantitative estimate of drug-likeness (QED) is 0.821. The van der Waals surface area contributed by atoms with E-state index in [1.165, 1.54) is 31.5 Å². The molecule has 1 heterocycles. The molecule has 1 fully saturated rings. The second-order valence-electron chi connectivity index (χ2n) is 5.12. The van der Waals surface area contributed by atoms with E-state index < -0.39 is 0 Å². The topological polar surface area (TPSA) is 42.1 Å². The average molecular weight is 233 g/mol. The fraction of sp³-hybridized carbons (Fsp3) is 0.643. The summed E-state index contributed by atoms with van der Waals surface area (Å²) in [5, 5.41) is 0. The van der Waals surface area contributed by atoms with Crippen LogP contribution in [0.4, 0.5) is 5.69 Å². The molecule has 0 bridgehead atoms. The minimum atomic E-state index is 0.0205. The number of aromatic nitrogens is 1. The summed E-state index contributed by atoms with van der Waals surface area (Å²) in [4.78, 5) is 6.90. The molecular formula is C14H23N3. The zero-order chi connectivity index (χ0) is 12.3. The number of nitrogens with two attached hydrogens (primary N) is 1. The van der Waals surface area contributed by atoms with Crippen LogP contribution in [0.15, 0.2) is 18.3 Å². The molecule has 3 heteroatoms. The highest BCUT2D eigenvalue weighted by Crippen LogP contribution is 2.31. The summed E-state index contributed by atoms with van der Waals surface area (Å²) in [6, 6.07) is 4.23. The summed E-state index contributed by atoms with van der Waals surface area (Å²) < 4.78 is 0. The molecule has 0 amide bonds. The van der Waals surface area contributed by atoms with Crippen molar-refractivity contribution in [3.8, 4) is 0 Å². The van der Waals surface area contributed by atoms with Crippen LogP contribution in [-0.4, -0.2) is 18.1 Å². The predicted molar refractivity (Wildman–Crippen MR) is 72.1 cm³/mol. The van der Waals surface area contributed by atoms with Gasteiger partial charge in [-0.25, -0.2) is 0 Å². The van der Waals surface area contributed by atoms with Crippen LogP contribution in [0.2, 0.25) is 0 Å². The van der Waals surface area contributed by atoms with Crippen molar-refractivity contribution < 1.29 is 0 Å². The monoisotopic (exact) mass is 233 g/mol. The van der Waals surface area contributed by atoms with Crippen LogP contribution < -0.4 is 10.6 Å². The summed E-state index contributed by atoms with van der Waals surface area (Å²) in [5.74, 6) is 0.912. The van der Waals surface area contributed by atoms with Crippen molar-refractivity contribution in [3.63, 3.8) is 0 Å². The molecule has 2 rings (SSSR count). The van der Waals surface area contributed by atoms with Crippen molar-refractivity contribution in [2.24, 2.45) is 11.7 Å². The maximum Gasteiger partial charge on any atom is 0.0569 e. The van der Waals surface area contributed by atoms with Crippen molar-refractivity contribution in [1.29, 1.82) is 0 Å². The van der Waals surface area contributed by atoms with Crippen molar-refractivity contribution >= 4 is 5.69 Å². The van der Waals surface area contributed by atoms with Gasteiger partial charge in [0.05, 0.1) is 17.6 Å². The molecule has 2 N–H and O–H groups in total. The van der Waals surface area contributed by atoms with Gasteiger partial charge < -0.3 is 10.6 Å². The highest BCUT2D eigenvalue weighted by molar-refractivity contribution is 5.45. The Hall–Kier alpha value is -1.09. The Bertz CT molecular complexity index is 341. The summed E-state index contributed by atoms with van der Waals surface area (Å²) in [6.07, 6.45) is 5.94. The van der Waals surface area contributed by atoms with Crippen LogP contribution in [0.5, 0.6) is 0 Å². The van der Waals surface area contributed by atoms with E-state index in [1.54, 1.807) is 0 Å². The Morgan fingerprint density at radius 3 is 2.71 bits per heavy atom. The number of hydrogen-bond donors (Lipinski definition) is 1. The molecule has 0 radical (unpaired) electrons. The normalized spacial score (nSPS) is 16.9. The molecule has 1 aromatic heterocycles. The van der Waals surface area contributed by atoms with Crippen molar-refractivity contribution in [1.82, 2.24) is 4.98 Å². The van der Waals surface area contributed by atoms with Crippen LogP contribution in [0.3, 0.4) is 0 Å². The second-order valence-corrected chi connectivity index (χ2v) is 5.12. The molecule has 1 aromatic rings. The molecular weight excluding hydrogens is 210 g/mol. The summed E-state index contributed by atoms with van der Waals surface area (Å²) in [5.41, 5.74) is 8.02. The van der Waals surface area contributed by atoms with E-state index >= 15 is 0 Å². The van der Waals surface area contributed by atoms with E-state index in [4.69, 9.17) is 5.73 Å². The first-order valence-electron chi connectivity index (χ1n) is 6.67. The zero-order valence-corrected chi connectivity index (χ0v) is 10.9. The lowest BCUT2D eigenvalue weighted by molar-refractivity contribution is 0.704. The van der Waals surface area contributed by atoms with E-state index in [0.29, 0.717) is 0 Å². The summed E-state index contributed by atoms with van der Waals surface area (Å²) >= 11 is 0. The van der Waals surface area contributed by atoms with Gasteiger partial charge in [0.25, 0.3) is 0 Å². The molecule has 0 saturated heterocycles. The van der Waals surface area contributed by atoms with Gasteiger partial charge in [-0.1, -0.05) is 6.92 Å². The van der Waals surface area contributed by atoms with Crippen LogP contribution in [0.25, 0.3) is 0 Å². The third kappa shape index (κ3) is 3.43. The lowest BCUT2D eigenvalue weighted by atomic mass is 10.2. The summed E-state index contributed by atoms with van der Waals surface area (Å²) in [6.45, 7) is 6.50. The minimum absolute atomic E-state index is 0.0205. The first kappa shape index (κ1) is 12.4. The molecule has 1 saturated carbocycles. The van der Waals surface area contributed by atoms with Gasteiger partial charge >= 0.3 is 0 Å². The van der Waals surface area contributed by atoms with Crippen molar-refractivity contribution in [2.45, 2.75) is 39.2 Å². The van der Waals surface area contributed by atoms with Gasteiger partial charge in [0, 0.05) is 19.1 Å². The van der Waals surface area contributed by atoms with Crippen LogP contribution in [-0.2, 0) is 0 Å². The molecule has 1 aliphatic carbocycles. The van der Waals surface area contributed by atoms with E-state index in [2.05, 4.69) is 28.9 Å². The number of anilines is 1. The molecule has 0 aromatic carbocycles. The Kier molecular flexibility index (Phi) is 4.00. The fourth-order valence-corrected chi connectivity index (χ4v) is 2.06. The van der Waals surface area contributed by atoms with Crippen molar-refractivity contribution in [2.75, 3.05) is 18.0 Å². The molecule has 0 aliphatic heterocycles. The third-order valence-electron chi connectivity index (χ3n) is 3.27. The molecule has 1 aliphatic rings. The first-order valence-corrected chi connectivity index (χ1v) is 6.67. The number of hydrogen-bond acceptors (Lipinski definition) is 3. The summed E-state index contributed by atoms with van der Waals surface area (Å²) in [7, 11) is 0. The number of rotatable bonds is 6. The Balaban J connectivity index is 2.05. The second kappa shape index (κ2) is 5.50. The zero-order valence-electron chi connectivity index (χ0n) is 10.9. The van der Waals surface area contributed by atoms with Gasteiger partial charge in [-0.3, -0.25) is 4.98 Å². The molecule has 0 spiro atoms. The molecule has 17 heavy (non-hydrogen) atoms. The largest absolute Gasteiger partial charge is 0.370 e. The smallest absolute Gasteiger partial charge is 0.0569 e. The Morgan fingerprint density at radius 2 is 2.24 bits per heavy atom. The highest BCUT2D eigenvalue weighted by atomic mass is 15.1. The van der Waals surface area contributed by atoms with E-state index in [9.17, 15) is 0 Å². The lowest BCUT2D eigenvalue weighted by Gasteiger charge is -2.24. The molecule has 0 unspecified atom stereocenters. The highest BCUT2D eigenvalue weighted by Gasteiger charge is 2.24. The fourth-order valence-electron chi connectivity index (χ4n) is 2.06. The maximum atomic E-state index is 5.81. The third-order valence-corrected chi connectivity index (χ3v) is 3.27. The van der Waals surface area contributed by atoms with Gasteiger partial charge in [0.15, 0.2) is 0 Å². The van der Waals surface area contributed by atoms with E-state index in [1.807, 2.05) is 13.1 Å². The molecule has 1 atom stereocenters. The Morgan fingerprint density at radius 1 is 1.47 bits per heavy atom. The van der Waals surface area contributed by atoms with Gasteiger partial charge in [-0.15, -0.1) is 0 Å². The average Bonchev–Trinajstić information content (AvgIpc) is 3.13. The molecule has 94 valence electrons. The predicted octanol–water partition coefficient (Wildman–Crippen LogP) is 2.73. The Labute approximate surface area is 104 Å². The van der Waals surface area contributed by atoms with E-state index in [-0.39, 0.29) is 6.04 Å². The minimum Gasteiger partial charge on any atom is -0.370 e. The first-order chi connectivity index (χ1) is 8.20. The number of pyridine rings is 1. The SMILES string of the molecule is CCCN(CC1CC1)c1ccc([C@@H](C)N)nc1. The van der Waals surface area contributed by atoms with E-state index in [0.717, 1.165) is 18.2 Å². The van der Waals surface area contributed by atoms with Gasteiger partial charge in [-0.2, -0.15) is 0 Å². The number of nitrogens with zero attached hydrogens (tertiary/aromatic N) is 2.